The van der Waals surface area contributed by atoms with E-state index < -0.39 is 34.8 Å². The molecule has 1 aromatic heterocycles. The summed E-state index contributed by atoms with van der Waals surface area (Å²) in [5.41, 5.74) is -1.31. The van der Waals surface area contributed by atoms with Crippen LogP contribution in [0.1, 0.15) is 52.2 Å². The number of amides is 1. The predicted molar refractivity (Wildman–Crippen MR) is 95.6 cm³/mol. The third-order valence-electron chi connectivity index (χ3n) is 4.02. The van der Waals surface area contributed by atoms with Crippen LogP contribution in [0.5, 0.6) is 0 Å². The van der Waals surface area contributed by atoms with Crippen LogP contribution in [-0.2, 0) is 4.79 Å². The van der Waals surface area contributed by atoms with Crippen molar-refractivity contribution in [1.82, 2.24) is 10.5 Å². The number of nitrogens with zero attached hydrogens (tertiary/aromatic N) is 1. The number of rotatable bonds is 8. The van der Waals surface area contributed by atoms with Crippen molar-refractivity contribution in [2.24, 2.45) is 5.41 Å². The summed E-state index contributed by atoms with van der Waals surface area (Å²) in [5, 5.41) is 25.1. The molecule has 27 heavy (non-hydrogen) atoms. The highest BCUT2D eigenvalue weighted by Crippen LogP contribution is 2.30. The second kappa shape index (κ2) is 8.15. The molecule has 1 heterocycles. The molecule has 0 aromatic carbocycles. The predicted octanol–water partition coefficient (Wildman–Crippen LogP) is 0.369. The quantitative estimate of drug-likeness (QED) is 0.419. The molecular weight excluding hydrogens is 376 g/mol. The first-order chi connectivity index (χ1) is 12.6. The number of fused-ring (bicyclic) bond motifs is 1. The second-order valence-corrected chi connectivity index (χ2v) is 7.82. The molecular formula is C17H20N2O7S. The Kier molecular flexibility index (Phi) is 6.34. The zero-order chi connectivity index (χ0) is 20.4. The van der Waals surface area contributed by atoms with Crippen molar-refractivity contribution in [3.63, 3.8) is 0 Å². The molecule has 1 aliphatic rings. The highest BCUT2D eigenvalue weighted by Gasteiger charge is 2.35. The summed E-state index contributed by atoms with van der Waals surface area (Å²) in [4.78, 5) is 48.1. The van der Waals surface area contributed by atoms with Crippen molar-refractivity contribution in [3.8, 4) is 0 Å². The Morgan fingerprint density at radius 3 is 2.63 bits per heavy atom. The van der Waals surface area contributed by atoms with Gasteiger partial charge in [-0.3, -0.25) is 19.2 Å². The van der Waals surface area contributed by atoms with Crippen molar-refractivity contribution in [3.05, 3.63) is 28.0 Å². The number of aliphatic hydroxyl groups is 2. The summed E-state index contributed by atoms with van der Waals surface area (Å²) in [5.74, 6) is -2.23. The Morgan fingerprint density at radius 1 is 1.37 bits per heavy atom. The molecule has 0 fully saturated rings. The van der Waals surface area contributed by atoms with Crippen LogP contribution in [-0.4, -0.2) is 63.6 Å². The Morgan fingerprint density at radius 2 is 2.04 bits per heavy atom. The van der Waals surface area contributed by atoms with Crippen LogP contribution in [0.3, 0.4) is 0 Å². The van der Waals surface area contributed by atoms with E-state index in [1.165, 1.54) is 6.92 Å². The number of thioether (sulfide) groups is 1. The van der Waals surface area contributed by atoms with Gasteiger partial charge in [-0.25, -0.2) is 0 Å². The summed E-state index contributed by atoms with van der Waals surface area (Å²) in [6.45, 7) is 4.07. The van der Waals surface area contributed by atoms with Crippen LogP contribution in [0.15, 0.2) is 15.5 Å². The maximum Gasteiger partial charge on any atom is 0.249 e. The average molecular weight is 396 g/mol. The van der Waals surface area contributed by atoms with Gasteiger partial charge in [0.2, 0.25) is 23.2 Å². The smallest absolute Gasteiger partial charge is 0.249 e. The summed E-state index contributed by atoms with van der Waals surface area (Å²) in [6.07, 6.45) is -0.280. The van der Waals surface area contributed by atoms with Crippen LogP contribution < -0.4 is 5.32 Å². The number of allylic oxidation sites excluding steroid dienone is 2. The molecule has 0 saturated heterocycles. The minimum absolute atomic E-state index is 0.115. The molecule has 0 bridgehead atoms. The maximum atomic E-state index is 12.5. The van der Waals surface area contributed by atoms with Crippen LogP contribution >= 0.6 is 11.8 Å². The molecule has 9 nitrogen and oxygen atoms in total. The first-order valence-electron chi connectivity index (χ1n) is 8.11. The lowest BCUT2D eigenvalue weighted by molar-refractivity contribution is -0.136. The minimum atomic E-state index is -1.39. The summed E-state index contributed by atoms with van der Waals surface area (Å²) < 4.78 is 4.81. The van der Waals surface area contributed by atoms with Gasteiger partial charge in [-0.2, -0.15) is 0 Å². The number of aliphatic hydroxyl groups excluding tert-OH is 2. The molecule has 146 valence electrons. The molecule has 10 heteroatoms. The fourth-order valence-electron chi connectivity index (χ4n) is 2.26. The number of carbonyl (C=O) groups is 4. The van der Waals surface area contributed by atoms with Crippen molar-refractivity contribution >= 4 is 35.0 Å². The maximum absolute atomic E-state index is 12.5. The Balaban J connectivity index is 1.96. The number of Topliss-reactive ketones (excluding diaryl/α,β-unsaturated/α-hetero) is 2. The van der Waals surface area contributed by atoms with Crippen LogP contribution in [0.2, 0.25) is 0 Å². The third kappa shape index (κ3) is 4.34. The first-order valence-corrected chi connectivity index (χ1v) is 9.09. The Bertz CT molecular complexity index is 825. The normalized spacial score (nSPS) is 15.2. The van der Waals surface area contributed by atoms with Gasteiger partial charge in [0.15, 0.2) is 11.5 Å². The highest BCUT2D eigenvalue weighted by atomic mass is 32.2. The molecule has 0 radical (unpaired) electrons. The molecule has 1 aliphatic carbocycles. The minimum Gasteiger partial charge on any atom is -0.396 e. The van der Waals surface area contributed by atoms with Gasteiger partial charge in [-0.1, -0.05) is 19.0 Å². The van der Waals surface area contributed by atoms with Crippen molar-refractivity contribution < 1.29 is 33.9 Å². The van der Waals surface area contributed by atoms with Crippen molar-refractivity contribution in [2.45, 2.75) is 26.9 Å². The van der Waals surface area contributed by atoms with E-state index in [-0.39, 0.29) is 40.8 Å². The molecule has 2 rings (SSSR count). The van der Waals surface area contributed by atoms with Crippen molar-refractivity contribution in [2.75, 3.05) is 18.9 Å². The molecule has 0 aliphatic heterocycles. The largest absolute Gasteiger partial charge is 0.396 e. The number of aromatic nitrogens is 1. The van der Waals surface area contributed by atoms with Crippen LogP contribution in [0, 0.1) is 5.41 Å². The van der Waals surface area contributed by atoms with Crippen LogP contribution in [0.4, 0.5) is 0 Å². The molecule has 0 spiro atoms. The molecule has 3 N–H and O–H groups in total. The number of nitrogens with one attached hydrogen (secondary N) is 1. The van der Waals surface area contributed by atoms with Gasteiger partial charge in [0.05, 0.1) is 11.5 Å². The van der Waals surface area contributed by atoms with E-state index in [9.17, 15) is 29.4 Å². The fraction of sp³-hybridized carbons (Fsp3) is 0.471. The van der Waals surface area contributed by atoms with Crippen molar-refractivity contribution in [1.29, 1.82) is 0 Å². The Hall–Kier alpha value is -2.30. The molecule has 0 saturated carbocycles. The van der Waals surface area contributed by atoms with E-state index in [2.05, 4.69) is 10.5 Å². The topological polar surface area (TPSA) is 147 Å². The molecule has 1 atom stereocenters. The number of ketones is 3. The molecule has 1 aromatic rings. The zero-order valence-electron chi connectivity index (χ0n) is 15.1. The number of carbonyl (C=O) groups excluding carboxylic acids is 4. The zero-order valence-corrected chi connectivity index (χ0v) is 15.9. The van der Waals surface area contributed by atoms with Crippen LogP contribution in [0.25, 0.3) is 0 Å². The lowest BCUT2D eigenvalue weighted by Gasteiger charge is -2.27. The lowest BCUT2D eigenvalue weighted by Crippen LogP contribution is -2.46. The molecule has 0 unspecified atom stereocenters. The monoisotopic (exact) mass is 396 g/mol. The van der Waals surface area contributed by atoms with E-state index in [0.29, 0.717) is 0 Å². The highest BCUT2D eigenvalue weighted by molar-refractivity contribution is 8.04. The van der Waals surface area contributed by atoms with Gasteiger partial charge in [-0.05, 0) is 0 Å². The Labute approximate surface area is 159 Å². The van der Waals surface area contributed by atoms with E-state index >= 15 is 0 Å². The van der Waals surface area contributed by atoms with E-state index in [1.807, 2.05) is 0 Å². The number of hydrogen-bond acceptors (Lipinski definition) is 9. The van der Waals surface area contributed by atoms with E-state index in [0.717, 1.165) is 17.8 Å². The average Bonchev–Trinajstić information content (AvgIpc) is 3.07. The standard InChI is InChI=1S/C17H20N2O7S/c1-8(21)12-11-13(23)10(6-9(22)14(11)26-19-12)27-5-4-18-16(25)15(24)17(2,3)7-20/h6,15,20,24H,4-5,7H2,1-3H3,(H,18,25)/t15-/m0/s1. The van der Waals surface area contributed by atoms with Gasteiger partial charge in [0.1, 0.15) is 11.7 Å². The van der Waals surface area contributed by atoms with Gasteiger partial charge >= 0.3 is 0 Å². The third-order valence-corrected chi connectivity index (χ3v) is 5.04. The van der Waals surface area contributed by atoms with Gasteiger partial charge in [0.25, 0.3) is 0 Å². The molecule has 1 amide bonds. The second-order valence-electron chi connectivity index (χ2n) is 6.68. The van der Waals surface area contributed by atoms with Gasteiger partial charge in [-0.15, -0.1) is 11.8 Å². The van der Waals surface area contributed by atoms with Gasteiger partial charge < -0.3 is 20.1 Å². The SMILES string of the molecule is CC(=O)c1noc2c1C(=O)C(SCCNC(=O)[C@H](O)C(C)(C)CO)=CC2=O. The lowest BCUT2D eigenvalue weighted by atomic mass is 9.87. The number of hydrogen-bond donors (Lipinski definition) is 3. The summed E-state index contributed by atoms with van der Waals surface area (Å²) in [6, 6.07) is 0. The fourth-order valence-corrected chi connectivity index (χ4v) is 3.11. The first kappa shape index (κ1) is 21.0. The van der Waals surface area contributed by atoms with E-state index in [4.69, 9.17) is 4.52 Å². The van der Waals surface area contributed by atoms with Gasteiger partial charge in [0, 0.05) is 30.7 Å². The van der Waals surface area contributed by atoms with E-state index in [1.54, 1.807) is 13.8 Å². The summed E-state index contributed by atoms with van der Waals surface area (Å²) in [7, 11) is 0. The summed E-state index contributed by atoms with van der Waals surface area (Å²) >= 11 is 1.03.